The summed E-state index contributed by atoms with van der Waals surface area (Å²) >= 11 is 11.9. The van der Waals surface area contributed by atoms with Crippen molar-refractivity contribution >= 4 is 28.8 Å². The van der Waals surface area contributed by atoms with Crippen molar-refractivity contribution < 1.29 is 0 Å². The first-order valence-corrected chi connectivity index (χ1v) is 6.14. The summed E-state index contributed by atoms with van der Waals surface area (Å²) in [6.45, 7) is 0. The zero-order valence-electron chi connectivity index (χ0n) is 9.51. The van der Waals surface area contributed by atoms with Crippen molar-refractivity contribution in [2.24, 2.45) is 0 Å². The maximum atomic E-state index is 8.85. The average Bonchev–Trinajstić information content (AvgIpc) is 2.80. The van der Waals surface area contributed by atoms with Crippen LogP contribution in [0.15, 0.2) is 36.5 Å². The largest absolute Gasteiger partial charge is 0.219 e. The van der Waals surface area contributed by atoms with Gasteiger partial charge in [0.05, 0.1) is 5.56 Å². The predicted octanol–water partition coefficient (Wildman–Crippen LogP) is 3.57. The number of pyridine rings is 1. The third kappa shape index (κ3) is 2.26. The van der Waals surface area contributed by atoms with E-state index < -0.39 is 0 Å². The molecule has 3 rings (SSSR count). The monoisotopic (exact) mass is 288 g/mol. The van der Waals surface area contributed by atoms with Crippen molar-refractivity contribution in [1.29, 1.82) is 5.26 Å². The highest BCUT2D eigenvalue weighted by Gasteiger charge is 2.08. The van der Waals surface area contributed by atoms with Crippen LogP contribution in [0.25, 0.3) is 17.0 Å². The van der Waals surface area contributed by atoms with Gasteiger partial charge in [-0.3, -0.25) is 0 Å². The molecule has 0 amide bonds. The lowest BCUT2D eigenvalue weighted by atomic mass is 10.2. The molecule has 0 saturated carbocycles. The summed E-state index contributed by atoms with van der Waals surface area (Å²) in [6.07, 6.45) is 1.62. The first-order chi connectivity index (χ1) is 9.15. The van der Waals surface area contributed by atoms with Gasteiger partial charge in [0.1, 0.15) is 6.07 Å². The number of fused-ring (bicyclic) bond motifs is 1. The maximum absolute atomic E-state index is 8.85. The van der Waals surface area contributed by atoms with Gasteiger partial charge in [0.15, 0.2) is 11.5 Å². The van der Waals surface area contributed by atoms with Crippen LogP contribution < -0.4 is 0 Å². The highest BCUT2D eigenvalue weighted by atomic mass is 35.5. The molecule has 0 bridgehead atoms. The Morgan fingerprint density at radius 2 is 1.84 bits per heavy atom. The highest BCUT2D eigenvalue weighted by molar-refractivity contribution is 6.35. The minimum Gasteiger partial charge on any atom is -0.219 e. The van der Waals surface area contributed by atoms with Gasteiger partial charge in [-0.2, -0.15) is 5.26 Å². The van der Waals surface area contributed by atoms with E-state index in [1.165, 1.54) is 0 Å². The van der Waals surface area contributed by atoms with Crippen molar-refractivity contribution in [3.8, 4) is 17.5 Å². The molecule has 0 saturated heterocycles. The molecule has 2 aromatic heterocycles. The fourth-order valence-corrected chi connectivity index (χ4v) is 2.28. The molecule has 0 atom stereocenters. The molecule has 2 heterocycles. The predicted molar refractivity (Wildman–Crippen MR) is 73.2 cm³/mol. The fourth-order valence-electron chi connectivity index (χ4n) is 1.75. The van der Waals surface area contributed by atoms with Gasteiger partial charge in [0.2, 0.25) is 0 Å². The van der Waals surface area contributed by atoms with Crippen LogP contribution in [-0.2, 0) is 0 Å². The molecule has 0 unspecified atom stereocenters. The van der Waals surface area contributed by atoms with Crippen LogP contribution >= 0.6 is 23.2 Å². The summed E-state index contributed by atoms with van der Waals surface area (Å²) in [5.74, 6) is 0.513. The van der Waals surface area contributed by atoms with Crippen LogP contribution in [-0.4, -0.2) is 14.6 Å². The van der Waals surface area contributed by atoms with Crippen LogP contribution in [0, 0.1) is 11.3 Å². The fraction of sp³-hybridized carbons (Fsp3) is 0. The normalized spacial score (nSPS) is 10.6. The lowest BCUT2D eigenvalue weighted by Gasteiger charge is -1.97. The van der Waals surface area contributed by atoms with Crippen LogP contribution in [0.3, 0.4) is 0 Å². The lowest BCUT2D eigenvalue weighted by molar-refractivity contribution is 0.962. The molecule has 0 aliphatic heterocycles. The molecule has 6 heteroatoms. The van der Waals surface area contributed by atoms with Gasteiger partial charge in [-0.05, 0) is 30.3 Å². The summed E-state index contributed by atoms with van der Waals surface area (Å²) in [6, 6.07) is 10.6. The smallest absolute Gasteiger partial charge is 0.182 e. The second-order valence-electron chi connectivity index (χ2n) is 3.93. The molecule has 3 aromatic rings. The Morgan fingerprint density at radius 3 is 2.53 bits per heavy atom. The SMILES string of the molecule is N#Cc1ccc2nc(-c3cc(Cl)cc(Cl)c3)nn2c1. The Labute approximate surface area is 118 Å². The lowest BCUT2D eigenvalue weighted by Crippen LogP contribution is -1.88. The highest BCUT2D eigenvalue weighted by Crippen LogP contribution is 2.25. The molecule has 4 nitrogen and oxygen atoms in total. The first-order valence-electron chi connectivity index (χ1n) is 5.39. The van der Waals surface area contributed by atoms with Crippen LogP contribution in [0.5, 0.6) is 0 Å². The summed E-state index contributed by atoms with van der Waals surface area (Å²) in [7, 11) is 0. The van der Waals surface area contributed by atoms with Gasteiger partial charge in [0, 0.05) is 21.8 Å². The number of nitriles is 1. The van der Waals surface area contributed by atoms with E-state index in [0.29, 0.717) is 27.1 Å². The van der Waals surface area contributed by atoms with Gasteiger partial charge < -0.3 is 0 Å². The molecule has 92 valence electrons. The first kappa shape index (κ1) is 12.0. The van der Waals surface area contributed by atoms with Crippen molar-refractivity contribution in [2.75, 3.05) is 0 Å². The molecule has 0 aliphatic rings. The zero-order valence-corrected chi connectivity index (χ0v) is 11.0. The van der Waals surface area contributed by atoms with E-state index in [1.54, 1.807) is 41.0 Å². The van der Waals surface area contributed by atoms with E-state index in [4.69, 9.17) is 28.5 Å². The van der Waals surface area contributed by atoms with E-state index >= 15 is 0 Å². The Hall–Kier alpha value is -2.09. The van der Waals surface area contributed by atoms with E-state index in [2.05, 4.69) is 16.2 Å². The number of aromatic nitrogens is 3. The third-order valence-electron chi connectivity index (χ3n) is 2.58. The number of halogens is 2. The topological polar surface area (TPSA) is 54.0 Å². The minimum atomic E-state index is 0.513. The molecule has 0 aliphatic carbocycles. The standard InChI is InChI=1S/C13H6Cl2N4/c14-10-3-9(4-11(15)5-10)13-17-12-2-1-8(6-16)7-19(12)18-13/h1-5,7H. The summed E-state index contributed by atoms with van der Waals surface area (Å²) in [5, 5.41) is 14.2. The van der Waals surface area contributed by atoms with E-state index in [1.807, 2.05) is 0 Å². The van der Waals surface area contributed by atoms with Gasteiger partial charge in [-0.25, -0.2) is 9.50 Å². The third-order valence-corrected chi connectivity index (χ3v) is 3.02. The van der Waals surface area contributed by atoms with Gasteiger partial charge in [0.25, 0.3) is 0 Å². The van der Waals surface area contributed by atoms with Crippen molar-refractivity contribution in [3.63, 3.8) is 0 Å². The Bertz CT molecular complexity index is 797. The number of benzene rings is 1. The van der Waals surface area contributed by atoms with E-state index in [0.717, 1.165) is 5.56 Å². The van der Waals surface area contributed by atoms with Gasteiger partial charge >= 0.3 is 0 Å². The summed E-state index contributed by atoms with van der Waals surface area (Å²) in [4.78, 5) is 4.37. The Balaban J connectivity index is 2.18. The van der Waals surface area contributed by atoms with Crippen LogP contribution in [0.1, 0.15) is 5.56 Å². The second-order valence-corrected chi connectivity index (χ2v) is 4.80. The summed E-state index contributed by atoms with van der Waals surface area (Å²) < 4.78 is 1.56. The molecule has 0 N–H and O–H groups in total. The molecular weight excluding hydrogens is 283 g/mol. The van der Waals surface area contributed by atoms with Gasteiger partial charge in [-0.15, -0.1) is 5.10 Å². The van der Waals surface area contributed by atoms with E-state index in [9.17, 15) is 0 Å². The molecule has 0 spiro atoms. The van der Waals surface area contributed by atoms with Crippen molar-refractivity contribution in [3.05, 3.63) is 52.1 Å². The molecule has 0 fully saturated rings. The van der Waals surface area contributed by atoms with Crippen LogP contribution in [0.2, 0.25) is 10.0 Å². The zero-order chi connectivity index (χ0) is 13.4. The van der Waals surface area contributed by atoms with Crippen molar-refractivity contribution in [2.45, 2.75) is 0 Å². The Morgan fingerprint density at radius 1 is 1.11 bits per heavy atom. The van der Waals surface area contributed by atoms with Crippen LogP contribution in [0.4, 0.5) is 0 Å². The molecule has 19 heavy (non-hydrogen) atoms. The molecular formula is C13H6Cl2N4. The van der Waals surface area contributed by atoms with Gasteiger partial charge in [-0.1, -0.05) is 23.2 Å². The average molecular weight is 289 g/mol. The number of rotatable bonds is 1. The molecule has 1 aromatic carbocycles. The number of hydrogen-bond donors (Lipinski definition) is 0. The maximum Gasteiger partial charge on any atom is 0.182 e. The number of hydrogen-bond acceptors (Lipinski definition) is 3. The Kier molecular flexibility index (Phi) is 2.86. The quantitative estimate of drug-likeness (QED) is 0.688. The van der Waals surface area contributed by atoms with Crippen molar-refractivity contribution in [1.82, 2.24) is 14.6 Å². The minimum absolute atomic E-state index is 0.513. The molecule has 0 radical (unpaired) electrons. The summed E-state index contributed by atoms with van der Waals surface area (Å²) in [5.41, 5.74) is 1.91. The van der Waals surface area contributed by atoms with E-state index in [-0.39, 0.29) is 0 Å². The second kappa shape index (κ2) is 4.54. The number of nitrogens with zero attached hydrogens (tertiary/aromatic N) is 4.